The summed E-state index contributed by atoms with van der Waals surface area (Å²) < 4.78 is 0. The number of carboxylic acids is 1. The fourth-order valence-electron chi connectivity index (χ4n) is 1.03. The molecule has 0 rings (SSSR count). The summed E-state index contributed by atoms with van der Waals surface area (Å²) in [6.45, 7) is 3.96. The molecule has 4 N–H and O–H groups in total. The zero-order valence-corrected chi connectivity index (χ0v) is 7.53. The smallest absolute Gasteiger partial charge is 0.306 e. The highest BCUT2D eigenvalue weighted by molar-refractivity contribution is 5.67. The lowest BCUT2D eigenvalue weighted by atomic mass is 9.98. The van der Waals surface area contributed by atoms with Gasteiger partial charge in [-0.2, -0.15) is 0 Å². The minimum absolute atomic E-state index is 0.270. The summed E-state index contributed by atoms with van der Waals surface area (Å²) in [4.78, 5) is 10.2. The van der Waals surface area contributed by atoms with Crippen LogP contribution in [0.15, 0.2) is 0 Å². The molecule has 0 aromatic carbocycles. The molecule has 2 atom stereocenters. The highest BCUT2D eigenvalue weighted by Crippen LogP contribution is 2.08. The largest absolute Gasteiger partial charge is 0.481 e. The quantitative estimate of drug-likeness (QED) is 0.557. The third kappa shape index (κ3) is 5.09. The average molecular weight is 175 g/mol. The predicted molar refractivity (Wildman–Crippen MR) is 45.7 cm³/mol. The normalized spacial score (nSPS) is 16.1. The van der Waals surface area contributed by atoms with Gasteiger partial charge < -0.3 is 15.9 Å². The van der Waals surface area contributed by atoms with Gasteiger partial charge in [0, 0.05) is 6.04 Å². The van der Waals surface area contributed by atoms with E-state index in [2.05, 4.69) is 0 Å². The molecule has 0 heterocycles. The second kappa shape index (κ2) is 5.11. The van der Waals surface area contributed by atoms with Crippen molar-refractivity contribution in [2.75, 3.05) is 0 Å². The van der Waals surface area contributed by atoms with Gasteiger partial charge in [-0.15, -0.1) is 0 Å². The molecular weight excluding hydrogens is 158 g/mol. The van der Waals surface area contributed by atoms with Crippen LogP contribution in [0.25, 0.3) is 0 Å². The van der Waals surface area contributed by atoms with Crippen molar-refractivity contribution in [3.8, 4) is 0 Å². The fourth-order valence-corrected chi connectivity index (χ4v) is 1.03. The Balaban J connectivity index is 3.76. The van der Waals surface area contributed by atoms with Gasteiger partial charge in [-0.3, -0.25) is 4.79 Å². The van der Waals surface area contributed by atoms with Gasteiger partial charge in [-0.05, 0) is 12.3 Å². The summed E-state index contributed by atoms with van der Waals surface area (Å²) in [6.07, 6.45) is -0.549. The monoisotopic (exact) mass is 175 g/mol. The highest BCUT2D eigenvalue weighted by Gasteiger charge is 2.18. The van der Waals surface area contributed by atoms with Crippen molar-refractivity contribution in [3.63, 3.8) is 0 Å². The maximum Gasteiger partial charge on any atom is 0.306 e. The number of hydrogen-bond donors (Lipinski definition) is 3. The molecule has 4 nitrogen and oxygen atoms in total. The molecule has 0 radical (unpaired) electrons. The van der Waals surface area contributed by atoms with E-state index in [-0.39, 0.29) is 6.42 Å². The molecule has 0 spiro atoms. The highest BCUT2D eigenvalue weighted by atomic mass is 16.4. The van der Waals surface area contributed by atoms with Crippen LogP contribution in [0.4, 0.5) is 0 Å². The first-order valence-electron chi connectivity index (χ1n) is 4.09. The predicted octanol–water partition coefficient (Wildman–Crippen LogP) is 0.195. The first-order chi connectivity index (χ1) is 5.43. The van der Waals surface area contributed by atoms with Crippen LogP contribution >= 0.6 is 0 Å². The molecule has 72 valence electrons. The summed E-state index contributed by atoms with van der Waals surface area (Å²) >= 11 is 0. The van der Waals surface area contributed by atoms with Gasteiger partial charge in [0.25, 0.3) is 0 Å². The summed E-state index contributed by atoms with van der Waals surface area (Å²) in [5.41, 5.74) is 5.55. The minimum atomic E-state index is -1.01. The molecule has 0 fully saturated rings. The number of aliphatic hydroxyl groups is 1. The van der Waals surface area contributed by atoms with Crippen LogP contribution < -0.4 is 5.73 Å². The summed E-state index contributed by atoms with van der Waals surface area (Å²) in [5.74, 6) is -0.634. The topological polar surface area (TPSA) is 83.5 Å². The first-order valence-corrected chi connectivity index (χ1v) is 4.09. The second-order valence-corrected chi connectivity index (χ2v) is 3.46. The Hall–Kier alpha value is -0.610. The Bertz CT molecular complexity index is 147. The third-order valence-corrected chi connectivity index (χ3v) is 1.62. The summed E-state index contributed by atoms with van der Waals surface area (Å²) in [6, 6.07) is -0.430. The summed E-state index contributed by atoms with van der Waals surface area (Å²) in [5, 5.41) is 17.6. The molecule has 0 unspecified atom stereocenters. The molecular formula is C8H17NO3. The molecule has 0 saturated carbocycles. The van der Waals surface area contributed by atoms with Gasteiger partial charge in [0.15, 0.2) is 0 Å². The lowest BCUT2D eigenvalue weighted by Crippen LogP contribution is -2.37. The van der Waals surface area contributed by atoms with Crippen LogP contribution in [0.1, 0.15) is 26.7 Å². The van der Waals surface area contributed by atoms with Crippen molar-refractivity contribution in [3.05, 3.63) is 0 Å². The van der Waals surface area contributed by atoms with Gasteiger partial charge in [-0.1, -0.05) is 13.8 Å². The summed E-state index contributed by atoms with van der Waals surface area (Å²) in [7, 11) is 0. The fraction of sp³-hybridized carbons (Fsp3) is 0.875. The van der Waals surface area contributed by atoms with Crippen molar-refractivity contribution < 1.29 is 15.0 Å². The Morgan fingerprint density at radius 2 is 2.00 bits per heavy atom. The molecule has 0 aromatic rings. The van der Waals surface area contributed by atoms with E-state index in [1.807, 2.05) is 13.8 Å². The van der Waals surface area contributed by atoms with Gasteiger partial charge in [-0.25, -0.2) is 0 Å². The lowest BCUT2D eigenvalue weighted by Gasteiger charge is -2.18. The van der Waals surface area contributed by atoms with E-state index in [1.165, 1.54) is 0 Å². The zero-order chi connectivity index (χ0) is 9.72. The molecule has 0 bridgehead atoms. The standard InChI is InChI=1S/C8H17NO3/c1-5(2)3-6(9)7(10)4-8(11)12/h5-7,10H,3-4,9H2,1-2H3,(H,11,12)/t6-,7+/m0/s1. The number of carboxylic acid groups (broad SMARTS) is 1. The Labute approximate surface area is 72.4 Å². The van der Waals surface area contributed by atoms with Crippen molar-refractivity contribution >= 4 is 5.97 Å². The molecule has 0 saturated heterocycles. The van der Waals surface area contributed by atoms with Gasteiger partial charge in [0.05, 0.1) is 12.5 Å². The number of rotatable bonds is 5. The maximum absolute atomic E-state index is 10.2. The van der Waals surface area contributed by atoms with Crippen molar-refractivity contribution in [1.82, 2.24) is 0 Å². The van der Waals surface area contributed by atoms with Crippen molar-refractivity contribution in [1.29, 1.82) is 0 Å². The first kappa shape index (κ1) is 11.4. The second-order valence-electron chi connectivity index (χ2n) is 3.46. The third-order valence-electron chi connectivity index (χ3n) is 1.62. The van der Waals surface area contributed by atoms with Gasteiger partial charge >= 0.3 is 5.97 Å². The molecule has 4 heteroatoms. The maximum atomic E-state index is 10.2. The van der Waals surface area contributed by atoms with Crippen LogP contribution in [0, 0.1) is 5.92 Å². The van der Waals surface area contributed by atoms with E-state index in [0.29, 0.717) is 12.3 Å². The number of nitrogens with two attached hydrogens (primary N) is 1. The number of aliphatic hydroxyl groups excluding tert-OH is 1. The van der Waals surface area contributed by atoms with E-state index in [4.69, 9.17) is 10.8 Å². The van der Waals surface area contributed by atoms with Crippen LogP contribution in [0.3, 0.4) is 0 Å². The van der Waals surface area contributed by atoms with Crippen LogP contribution in [0.5, 0.6) is 0 Å². The van der Waals surface area contributed by atoms with Crippen molar-refractivity contribution in [2.24, 2.45) is 11.7 Å². The molecule has 0 aliphatic heterocycles. The Kier molecular flexibility index (Phi) is 4.85. The molecule has 0 amide bonds. The van der Waals surface area contributed by atoms with Crippen LogP contribution in [-0.2, 0) is 4.79 Å². The number of aliphatic carboxylic acids is 1. The number of carbonyl (C=O) groups is 1. The minimum Gasteiger partial charge on any atom is -0.481 e. The number of hydrogen-bond acceptors (Lipinski definition) is 3. The van der Waals surface area contributed by atoms with Crippen LogP contribution in [-0.4, -0.2) is 28.3 Å². The van der Waals surface area contributed by atoms with Crippen molar-refractivity contribution in [2.45, 2.75) is 38.8 Å². The van der Waals surface area contributed by atoms with E-state index in [0.717, 1.165) is 0 Å². The lowest BCUT2D eigenvalue weighted by molar-refractivity contribution is -0.139. The van der Waals surface area contributed by atoms with Gasteiger partial charge in [0.1, 0.15) is 0 Å². The molecule has 12 heavy (non-hydrogen) atoms. The molecule has 0 aliphatic carbocycles. The molecule has 0 aromatic heterocycles. The Morgan fingerprint density at radius 1 is 1.50 bits per heavy atom. The van der Waals surface area contributed by atoms with E-state index < -0.39 is 18.1 Å². The molecule has 0 aliphatic rings. The van der Waals surface area contributed by atoms with E-state index in [1.54, 1.807) is 0 Å². The van der Waals surface area contributed by atoms with Crippen LogP contribution in [0.2, 0.25) is 0 Å². The average Bonchev–Trinajstić information content (AvgIpc) is 1.84. The van der Waals surface area contributed by atoms with E-state index >= 15 is 0 Å². The van der Waals surface area contributed by atoms with E-state index in [9.17, 15) is 9.90 Å². The Morgan fingerprint density at radius 3 is 2.33 bits per heavy atom. The SMILES string of the molecule is CC(C)C[C@H](N)[C@H](O)CC(=O)O. The zero-order valence-electron chi connectivity index (χ0n) is 7.53. The van der Waals surface area contributed by atoms with Gasteiger partial charge in [0.2, 0.25) is 0 Å².